The summed E-state index contributed by atoms with van der Waals surface area (Å²) < 4.78 is 4.13. The second-order valence-corrected chi connectivity index (χ2v) is 6.18. The Morgan fingerprint density at radius 1 is 1.00 bits per heavy atom. The van der Waals surface area contributed by atoms with Gasteiger partial charge in [0, 0.05) is 5.92 Å². The lowest BCUT2D eigenvalue weighted by atomic mass is 9.57. The Hall–Kier alpha value is -3.07. The summed E-state index contributed by atoms with van der Waals surface area (Å²) >= 11 is 0. The van der Waals surface area contributed by atoms with Gasteiger partial charge < -0.3 is 0 Å². The van der Waals surface area contributed by atoms with Gasteiger partial charge in [-0.1, -0.05) is 42.5 Å². The van der Waals surface area contributed by atoms with Crippen LogP contribution in [0.25, 0.3) is 5.69 Å². The molecule has 0 saturated heterocycles. The molecule has 2 bridgehead atoms. The average Bonchev–Trinajstić information content (AvgIpc) is 2.81. The second-order valence-electron chi connectivity index (χ2n) is 6.18. The van der Waals surface area contributed by atoms with E-state index >= 15 is 0 Å². The summed E-state index contributed by atoms with van der Waals surface area (Å²) in [6.07, 6.45) is 7.64. The largest absolute Gasteiger partial charge is 0.352 e. The zero-order valence-corrected chi connectivity index (χ0v) is 12.0. The molecule has 4 atom stereocenters. The number of allylic oxidation sites excluding steroid dienone is 4. The van der Waals surface area contributed by atoms with E-state index in [1.54, 1.807) is 24.3 Å². The van der Waals surface area contributed by atoms with Crippen LogP contribution in [0.5, 0.6) is 0 Å². The predicted molar refractivity (Wildman–Crippen MR) is 82.2 cm³/mol. The zero-order chi connectivity index (χ0) is 15.8. The minimum Gasteiger partial charge on any atom is -0.245 e. The maximum atomic E-state index is 12.9. The molecule has 112 valence electrons. The molecule has 2 aromatic rings. The fourth-order valence-electron chi connectivity index (χ4n) is 4.09. The quantitative estimate of drug-likeness (QED) is 0.742. The van der Waals surface area contributed by atoms with Gasteiger partial charge in [-0.2, -0.15) is 5.26 Å². The second kappa shape index (κ2) is 3.82. The summed E-state index contributed by atoms with van der Waals surface area (Å²) in [6, 6.07) is 10.5. The summed E-state index contributed by atoms with van der Waals surface area (Å²) in [5, 5.41) is 9.66. The lowest BCUT2D eigenvalue weighted by molar-refractivity contribution is 0.0852. The normalized spacial score (nSPS) is 32.0. The minimum absolute atomic E-state index is 0.0498. The molecular formula is C17H12N4O2. The summed E-state index contributed by atoms with van der Waals surface area (Å²) in [6.45, 7) is 0. The SMILES string of the molecule is N#C[C@@]12C=C[C@@H]1[C@H]1C=C[C@H]2n2c(=O)n(-c3ccccc3)c(=O)n21. The fourth-order valence-corrected chi connectivity index (χ4v) is 4.09. The van der Waals surface area contributed by atoms with Gasteiger partial charge in [0.1, 0.15) is 5.41 Å². The van der Waals surface area contributed by atoms with E-state index in [1.807, 2.05) is 30.4 Å². The van der Waals surface area contributed by atoms with E-state index in [-0.39, 0.29) is 17.6 Å². The Bertz CT molecular complexity index is 1050. The number of nitrogens with zero attached hydrogens (tertiary/aromatic N) is 4. The van der Waals surface area contributed by atoms with Crippen molar-refractivity contribution in [3.05, 3.63) is 75.6 Å². The molecule has 1 aromatic carbocycles. The zero-order valence-electron chi connectivity index (χ0n) is 12.0. The van der Waals surface area contributed by atoms with Gasteiger partial charge in [0.25, 0.3) is 0 Å². The van der Waals surface area contributed by atoms with Crippen LogP contribution in [0, 0.1) is 22.7 Å². The molecule has 23 heavy (non-hydrogen) atoms. The standard InChI is InChI=1S/C17H12N4O2/c18-10-17-9-8-12(17)13-6-7-14(17)21-16(23)19(15(22)20(13)21)11-4-2-1-3-5-11/h1-9,12-14H/t12-,13-,14-,17+/m1/s1. The highest BCUT2D eigenvalue weighted by Crippen LogP contribution is 2.58. The molecule has 3 heterocycles. The molecule has 4 aliphatic rings. The Morgan fingerprint density at radius 2 is 1.74 bits per heavy atom. The summed E-state index contributed by atoms with van der Waals surface area (Å²) in [7, 11) is 0. The molecule has 0 amide bonds. The van der Waals surface area contributed by atoms with Crippen molar-refractivity contribution < 1.29 is 0 Å². The van der Waals surface area contributed by atoms with E-state index in [9.17, 15) is 14.9 Å². The molecule has 0 fully saturated rings. The molecule has 0 saturated carbocycles. The van der Waals surface area contributed by atoms with Crippen LogP contribution in [0.4, 0.5) is 0 Å². The number of rotatable bonds is 1. The van der Waals surface area contributed by atoms with Gasteiger partial charge >= 0.3 is 11.4 Å². The van der Waals surface area contributed by atoms with Crippen LogP contribution in [0.15, 0.2) is 64.2 Å². The summed E-state index contributed by atoms with van der Waals surface area (Å²) in [4.78, 5) is 25.8. The van der Waals surface area contributed by atoms with Crippen molar-refractivity contribution in [3.8, 4) is 11.8 Å². The Balaban J connectivity index is 1.84. The maximum Gasteiger partial charge on any atom is 0.352 e. The topological polar surface area (TPSA) is 72.7 Å². The molecule has 0 radical (unpaired) electrons. The van der Waals surface area contributed by atoms with Crippen LogP contribution in [0.3, 0.4) is 0 Å². The summed E-state index contributed by atoms with van der Waals surface area (Å²) in [5.41, 5.74) is -0.914. The molecule has 6 heteroatoms. The third kappa shape index (κ3) is 1.21. The third-order valence-corrected chi connectivity index (χ3v) is 5.24. The van der Waals surface area contributed by atoms with Gasteiger partial charge in [-0.15, -0.1) is 0 Å². The van der Waals surface area contributed by atoms with Crippen molar-refractivity contribution in [3.63, 3.8) is 0 Å². The monoisotopic (exact) mass is 304 g/mol. The van der Waals surface area contributed by atoms with Crippen LogP contribution in [0.1, 0.15) is 12.1 Å². The lowest BCUT2D eigenvalue weighted by Crippen LogP contribution is -2.56. The molecule has 6 nitrogen and oxygen atoms in total. The van der Waals surface area contributed by atoms with Crippen LogP contribution >= 0.6 is 0 Å². The van der Waals surface area contributed by atoms with E-state index in [1.165, 1.54) is 13.9 Å². The van der Waals surface area contributed by atoms with E-state index in [0.717, 1.165) is 0 Å². The molecule has 0 spiro atoms. The van der Waals surface area contributed by atoms with Crippen molar-refractivity contribution >= 4 is 0 Å². The number of aromatic nitrogens is 3. The van der Waals surface area contributed by atoms with Gasteiger partial charge in [-0.25, -0.2) is 23.5 Å². The van der Waals surface area contributed by atoms with E-state index in [2.05, 4.69) is 6.07 Å². The molecule has 2 aliphatic heterocycles. The number of benzene rings is 1. The smallest absolute Gasteiger partial charge is 0.245 e. The summed E-state index contributed by atoms with van der Waals surface area (Å²) in [5.74, 6) is -0.0498. The van der Waals surface area contributed by atoms with Crippen LogP contribution in [-0.2, 0) is 0 Å². The third-order valence-electron chi connectivity index (χ3n) is 5.24. The number of nitriles is 1. The predicted octanol–water partition coefficient (Wildman–Crippen LogP) is 1.16. The highest BCUT2D eigenvalue weighted by atomic mass is 16.2. The van der Waals surface area contributed by atoms with Crippen LogP contribution in [0.2, 0.25) is 0 Å². The maximum absolute atomic E-state index is 12.9. The Kier molecular flexibility index (Phi) is 2.07. The van der Waals surface area contributed by atoms with Gasteiger partial charge in [-0.05, 0) is 12.1 Å². The number of hydrogen-bond acceptors (Lipinski definition) is 3. The molecule has 6 rings (SSSR count). The lowest BCUT2D eigenvalue weighted by Gasteiger charge is -2.52. The number of hydrogen-bond donors (Lipinski definition) is 0. The Labute approximate surface area is 130 Å². The van der Waals surface area contributed by atoms with Crippen molar-refractivity contribution in [2.45, 2.75) is 12.1 Å². The van der Waals surface area contributed by atoms with E-state index in [4.69, 9.17) is 0 Å². The van der Waals surface area contributed by atoms with Crippen molar-refractivity contribution in [2.24, 2.45) is 11.3 Å². The van der Waals surface area contributed by atoms with Gasteiger partial charge in [0.2, 0.25) is 0 Å². The van der Waals surface area contributed by atoms with E-state index < -0.39 is 17.1 Å². The van der Waals surface area contributed by atoms with Crippen molar-refractivity contribution in [1.29, 1.82) is 5.26 Å². The van der Waals surface area contributed by atoms with Crippen LogP contribution in [-0.4, -0.2) is 13.9 Å². The first-order valence-corrected chi connectivity index (χ1v) is 7.49. The Morgan fingerprint density at radius 3 is 2.39 bits per heavy atom. The first-order chi connectivity index (χ1) is 11.2. The highest BCUT2D eigenvalue weighted by Gasteiger charge is 2.59. The molecule has 0 N–H and O–H groups in total. The molecule has 1 aromatic heterocycles. The van der Waals surface area contributed by atoms with Gasteiger partial charge in [0.05, 0.1) is 23.8 Å². The van der Waals surface area contributed by atoms with Gasteiger partial charge in [-0.3, -0.25) is 0 Å². The number of para-hydroxylation sites is 1. The van der Waals surface area contributed by atoms with Crippen molar-refractivity contribution in [2.75, 3.05) is 0 Å². The molecule has 2 aliphatic carbocycles. The first kappa shape index (κ1) is 12.5. The highest BCUT2D eigenvalue weighted by molar-refractivity contribution is 5.41. The first-order valence-electron chi connectivity index (χ1n) is 7.49. The molecule has 0 unspecified atom stereocenters. The van der Waals surface area contributed by atoms with E-state index in [0.29, 0.717) is 5.69 Å². The van der Waals surface area contributed by atoms with Crippen molar-refractivity contribution in [1.82, 2.24) is 13.9 Å². The molecular weight excluding hydrogens is 292 g/mol. The van der Waals surface area contributed by atoms with Gasteiger partial charge in [0.15, 0.2) is 0 Å². The minimum atomic E-state index is -0.710. The van der Waals surface area contributed by atoms with Crippen LogP contribution < -0.4 is 11.4 Å². The average molecular weight is 304 g/mol. The fraction of sp³-hybridized carbons (Fsp3) is 0.235.